The summed E-state index contributed by atoms with van der Waals surface area (Å²) < 4.78 is 10.7. The third kappa shape index (κ3) is 2.95. The summed E-state index contributed by atoms with van der Waals surface area (Å²) in [6.07, 6.45) is 2.14. The van der Waals surface area contributed by atoms with Crippen molar-refractivity contribution in [1.29, 1.82) is 0 Å². The highest BCUT2D eigenvalue weighted by molar-refractivity contribution is 7.99. The van der Waals surface area contributed by atoms with E-state index in [2.05, 4.69) is 20.2 Å². The van der Waals surface area contributed by atoms with E-state index in [9.17, 15) is 4.79 Å². The largest absolute Gasteiger partial charge is 0.459 e. The summed E-state index contributed by atoms with van der Waals surface area (Å²) in [5.41, 5.74) is 0.567. The maximum Gasteiger partial charge on any atom is 0.284 e. The molecular weight excluding hydrogens is 328 g/mol. The minimum atomic E-state index is -0.126. The molecule has 0 atom stereocenters. The second-order valence-electron chi connectivity index (χ2n) is 4.98. The van der Waals surface area contributed by atoms with Gasteiger partial charge in [0.1, 0.15) is 5.82 Å². The predicted molar refractivity (Wildman–Crippen MR) is 88.8 cm³/mol. The Kier molecular flexibility index (Phi) is 3.87. The molecule has 8 heteroatoms. The number of nitrogens with zero attached hydrogens (tertiary/aromatic N) is 3. The molecule has 7 nitrogen and oxygen atoms in total. The van der Waals surface area contributed by atoms with Gasteiger partial charge in [-0.05, 0) is 24.3 Å². The van der Waals surface area contributed by atoms with Crippen molar-refractivity contribution in [1.82, 2.24) is 20.2 Å². The minimum Gasteiger partial charge on any atom is -0.459 e. The molecule has 4 aromatic rings. The lowest BCUT2D eigenvalue weighted by Crippen LogP contribution is -2.12. The molecule has 3 aromatic heterocycles. The number of aromatic amines is 1. The van der Waals surface area contributed by atoms with Gasteiger partial charge in [0.15, 0.2) is 5.76 Å². The van der Waals surface area contributed by atoms with Crippen molar-refractivity contribution >= 4 is 22.7 Å². The number of para-hydroxylation sites is 1. The summed E-state index contributed by atoms with van der Waals surface area (Å²) in [5.74, 6) is 2.17. The van der Waals surface area contributed by atoms with Crippen molar-refractivity contribution in [3.63, 3.8) is 0 Å². The molecule has 0 aliphatic carbocycles. The molecule has 120 valence electrons. The van der Waals surface area contributed by atoms with Gasteiger partial charge in [-0.15, -0.1) is 10.2 Å². The third-order valence-electron chi connectivity index (χ3n) is 3.36. The van der Waals surface area contributed by atoms with E-state index in [0.29, 0.717) is 45.8 Å². The van der Waals surface area contributed by atoms with Gasteiger partial charge in [-0.25, -0.2) is 4.98 Å². The summed E-state index contributed by atoms with van der Waals surface area (Å²) in [7, 11) is 0. The van der Waals surface area contributed by atoms with E-state index >= 15 is 0 Å². The van der Waals surface area contributed by atoms with Crippen LogP contribution in [0.4, 0.5) is 0 Å². The number of rotatable bonds is 5. The summed E-state index contributed by atoms with van der Waals surface area (Å²) in [4.78, 5) is 19.3. The van der Waals surface area contributed by atoms with Crippen LogP contribution < -0.4 is 5.56 Å². The zero-order chi connectivity index (χ0) is 16.4. The van der Waals surface area contributed by atoms with Crippen molar-refractivity contribution < 1.29 is 8.83 Å². The zero-order valence-electron chi connectivity index (χ0n) is 12.4. The molecule has 0 unspecified atom stereocenters. The number of nitrogens with one attached hydrogen (secondary N) is 1. The van der Waals surface area contributed by atoms with E-state index in [1.165, 1.54) is 11.8 Å². The number of aromatic nitrogens is 4. The third-order valence-corrected chi connectivity index (χ3v) is 4.18. The highest BCUT2D eigenvalue weighted by atomic mass is 32.2. The fraction of sp³-hybridized carbons (Fsp3) is 0.125. The number of hydrogen-bond acceptors (Lipinski definition) is 7. The molecule has 0 aliphatic rings. The minimum absolute atomic E-state index is 0.126. The van der Waals surface area contributed by atoms with Gasteiger partial charge < -0.3 is 13.8 Å². The first-order valence-corrected chi connectivity index (χ1v) is 8.26. The monoisotopic (exact) mass is 340 g/mol. The second-order valence-corrected chi connectivity index (χ2v) is 6.02. The Bertz CT molecular complexity index is 1020. The maximum absolute atomic E-state index is 12.0. The molecule has 0 fully saturated rings. The normalized spacial score (nSPS) is 11.2. The molecule has 0 aliphatic heterocycles. The van der Waals surface area contributed by atoms with Crippen LogP contribution >= 0.6 is 11.8 Å². The Morgan fingerprint density at radius 1 is 1.12 bits per heavy atom. The highest BCUT2D eigenvalue weighted by Crippen LogP contribution is 2.23. The number of furan rings is 1. The molecule has 3 heterocycles. The van der Waals surface area contributed by atoms with E-state index in [1.807, 2.05) is 18.2 Å². The number of hydrogen-bond donors (Lipinski definition) is 1. The lowest BCUT2D eigenvalue weighted by atomic mass is 10.2. The number of fused-ring (bicyclic) bond motifs is 1. The molecule has 1 aromatic carbocycles. The standard InChI is InChI=1S/C16H12N4O3S/c21-14-10-4-1-2-5-11(10)17-13(18-14)7-9-24-16-20-19-15(23-16)12-6-3-8-22-12/h1-6,8H,7,9H2,(H,17,18,21). The summed E-state index contributed by atoms with van der Waals surface area (Å²) in [6, 6.07) is 10.8. The Morgan fingerprint density at radius 3 is 2.92 bits per heavy atom. The van der Waals surface area contributed by atoms with Crippen molar-refractivity contribution in [3.8, 4) is 11.7 Å². The van der Waals surface area contributed by atoms with Crippen LogP contribution in [0.1, 0.15) is 5.82 Å². The van der Waals surface area contributed by atoms with E-state index in [0.717, 1.165) is 0 Å². The van der Waals surface area contributed by atoms with Crippen LogP contribution in [0.2, 0.25) is 0 Å². The SMILES string of the molecule is O=c1[nH]c(CCSc2nnc(-c3ccco3)o2)nc2ccccc12. The summed E-state index contributed by atoms with van der Waals surface area (Å²) in [5, 5.41) is 8.94. The van der Waals surface area contributed by atoms with Gasteiger partial charge in [-0.2, -0.15) is 0 Å². The lowest BCUT2D eigenvalue weighted by Gasteiger charge is -2.01. The molecule has 0 saturated carbocycles. The molecule has 24 heavy (non-hydrogen) atoms. The van der Waals surface area contributed by atoms with Crippen molar-refractivity contribution in [2.75, 3.05) is 5.75 Å². The lowest BCUT2D eigenvalue weighted by molar-refractivity contribution is 0.447. The quantitative estimate of drug-likeness (QED) is 0.558. The van der Waals surface area contributed by atoms with Gasteiger partial charge in [0.25, 0.3) is 16.7 Å². The molecule has 0 spiro atoms. The Labute approximate surface area is 140 Å². The Hall–Kier alpha value is -2.87. The first-order chi connectivity index (χ1) is 11.8. The van der Waals surface area contributed by atoms with Gasteiger partial charge in [-0.3, -0.25) is 4.79 Å². The fourth-order valence-electron chi connectivity index (χ4n) is 2.26. The smallest absolute Gasteiger partial charge is 0.284 e. The topological polar surface area (TPSA) is 97.8 Å². The molecule has 0 radical (unpaired) electrons. The Balaban J connectivity index is 1.43. The van der Waals surface area contributed by atoms with E-state index in [1.54, 1.807) is 24.5 Å². The van der Waals surface area contributed by atoms with Gasteiger partial charge >= 0.3 is 0 Å². The van der Waals surface area contributed by atoms with Gasteiger partial charge in [0.2, 0.25) is 0 Å². The molecular formula is C16H12N4O3S. The van der Waals surface area contributed by atoms with Crippen LogP contribution in [0.5, 0.6) is 0 Å². The summed E-state index contributed by atoms with van der Waals surface area (Å²) in [6.45, 7) is 0. The van der Waals surface area contributed by atoms with Gasteiger partial charge in [-0.1, -0.05) is 23.9 Å². The molecule has 1 N–H and O–H groups in total. The van der Waals surface area contributed by atoms with E-state index in [4.69, 9.17) is 8.83 Å². The van der Waals surface area contributed by atoms with Crippen LogP contribution in [0.25, 0.3) is 22.6 Å². The van der Waals surface area contributed by atoms with Crippen LogP contribution in [-0.4, -0.2) is 25.9 Å². The number of benzene rings is 1. The number of thioether (sulfide) groups is 1. The maximum atomic E-state index is 12.0. The molecule has 4 rings (SSSR count). The zero-order valence-corrected chi connectivity index (χ0v) is 13.2. The summed E-state index contributed by atoms with van der Waals surface area (Å²) >= 11 is 1.40. The van der Waals surface area contributed by atoms with Crippen LogP contribution in [0.3, 0.4) is 0 Å². The fourth-order valence-corrected chi connectivity index (χ4v) is 2.96. The Morgan fingerprint density at radius 2 is 2.04 bits per heavy atom. The van der Waals surface area contributed by atoms with Crippen LogP contribution in [0, 0.1) is 0 Å². The van der Waals surface area contributed by atoms with E-state index < -0.39 is 0 Å². The first kappa shape index (κ1) is 14.7. The predicted octanol–water partition coefficient (Wildman–Crippen LogP) is 2.90. The number of aryl methyl sites for hydroxylation is 1. The molecule has 0 bridgehead atoms. The van der Waals surface area contributed by atoms with Crippen molar-refractivity contribution in [3.05, 3.63) is 58.8 Å². The van der Waals surface area contributed by atoms with Crippen molar-refractivity contribution in [2.24, 2.45) is 0 Å². The second kappa shape index (κ2) is 6.32. The van der Waals surface area contributed by atoms with Crippen LogP contribution in [0.15, 0.2) is 61.5 Å². The molecule has 0 amide bonds. The molecule has 0 saturated heterocycles. The average molecular weight is 340 g/mol. The van der Waals surface area contributed by atoms with E-state index in [-0.39, 0.29) is 5.56 Å². The highest BCUT2D eigenvalue weighted by Gasteiger charge is 2.11. The van der Waals surface area contributed by atoms with Crippen molar-refractivity contribution in [2.45, 2.75) is 11.6 Å². The number of H-pyrrole nitrogens is 1. The van der Waals surface area contributed by atoms with Gasteiger partial charge in [0.05, 0.1) is 17.2 Å². The average Bonchev–Trinajstić information content (AvgIpc) is 3.26. The van der Waals surface area contributed by atoms with Gasteiger partial charge in [0, 0.05) is 12.2 Å². The first-order valence-electron chi connectivity index (χ1n) is 7.28. The van der Waals surface area contributed by atoms with Crippen LogP contribution in [-0.2, 0) is 6.42 Å².